The predicted molar refractivity (Wildman–Crippen MR) is 118 cm³/mol. The Morgan fingerprint density at radius 1 is 1.40 bits per heavy atom. The van der Waals surface area contributed by atoms with E-state index < -0.39 is 22.8 Å². The van der Waals surface area contributed by atoms with Gasteiger partial charge in [-0.3, -0.25) is 4.84 Å². The summed E-state index contributed by atoms with van der Waals surface area (Å²) in [6.45, 7) is 11.3. The van der Waals surface area contributed by atoms with Crippen LogP contribution in [0.1, 0.15) is 45.6 Å². The van der Waals surface area contributed by atoms with Crippen LogP contribution in [0.4, 0.5) is 4.79 Å². The molecule has 2 heterocycles. The molecule has 164 valence electrons. The van der Waals surface area contributed by atoms with Gasteiger partial charge < -0.3 is 19.5 Å². The molecule has 2 atom stereocenters. The summed E-state index contributed by atoms with van der Waals surface area (Å²) in [6.07, 6.45) is 3.69. The zero-order valence-electron chi connectivity index (χ0n) is 18.5. The number of benzene rings is 1. The van der Waals surface area contributed by atoms with Crippen molar-refractivity contribution in [3.63, 3.8) is 0 Å². The lowest BCUT2D eigenvalue weighted by atomic mass is 9.73. The van der Waals surface area contributed by atoms with E-state index >= 15 is 0 Å². The average Bonchev–Trinajstić information content (AvgIpc) is 2.66. The van der Waals surface area contributed by atoms with Gasteiger partial charge in [-0.05, 0) is 39.7 Å². The Morgan fingerprint density at radius 3 is 2.87 bits per heavy atom. The Morgan fingerprint density at radius 2 is 2.20 bits per heavy atom. The van der Waals surface area contributed by atoms with E-state index in [4.69, 9.17) is 19.0 Å². The number of hydrogen-bond acceptors (Lipinski definition) is 6. The van der Waals surface area contributed by atoms with Gasteiger partial charge in [0.05, 0.1) is 18.8 Å². The lowest BCUT2D eigenvalue weighted by Gasteiger charge is -2.50. The monoisotopic (exact) mass is 416 g/mol. The van der Waals surface area contributed by atoms with Crippen molar-refractivity contribution in [2.75, 3.05) is 26.4 Å². The molecule has 0 saturated carbocycles. The van der Waals surface area contributed by atoms with Crippen molar-refractivity contribution in [1.82, 2.24) is 10.8 Å². The maximum atomic E-state index is 12.1. The van der Waals surface area contributed by atoms with E-state index in [2.05, 4.69) is 23.4 Å². The van der Waals surface area contributed by atoms with Crippen LogP contribution in [0.25, 0.3) is 0 Å². The highest BCUT2D eigenvalue weighted by atomic mass is 16.7. The first kappa shape index (κ1) is 22.7. The molecule has 1 spiro atoms. The first-order chi connectivity index (χ1) is 14.2. The van der Waals surface area contributed by atoms with Crippen molar-refractivity contribution >= 4 is 19.4 Å². The number of carbonyl (C=O) groups is 1. The molecule has 3 rings (SSSR count). The van der Waals surface area contributed by atoms with Gasteiger partial charge in [0.15, 0.2) is 0 Å². The third-order valence-electron chi connectivity index (χ3n) is 5.34. The number of amides is 1. The van der Waals surface area contributed by atoms with Crippen LogP contribution in [0.2, 0.25) is 0 Å². The van der Waals surface area contributed by atoms with Crippen LogP contribution in [-0.4, -0.2) is 51.5 Å². The molecule has 7 nitrogen and oxygen atoms in total. The summed E-state index contributed by atoms with van der Waals surface area (Å²) in [5.41, 5.74) is 2.94. The minimum atomic E-state index is -0.617. The molecule has 2 aliphatic heterocycles. The molecule has 2 N–H and O–H groups in total. The highest BCUT2D eigenvalue weighted by Gasteiger charge is 2.50. The largest absolute Gasteiger partial charge is 0.484 e. The number of carbonyl (C=O) groups excluding carboxylic acids is 1. The Hall–Kier alpha value is -2.03. The van der Waals surface area contributed by atoms with E-state index in [9.17, 15) is 4.79 Å². The van der Waals surface area contributed by atoms with E-state index in [0.717, 1.165) is 36.2 Å². The van der Waals surface area contributed by atoms with Gasteiger partial charge in [0.2, 0.25) is 0 Å². The summed E-state index contributed by atoms with van der Waals surface area (Å²) < 4.78 is 17.6. The van der Waals surface area contributed by atoms with Crippen LogP contribution in [-0.2, 0) is 19.9 Å². The van der Waals surface area contributed by atoms with Gasteiger partial charge in [-0.15, -0.1) is 6.58 Å². The highest BCUT2D eigenvalue weighted by Crippen LogP contribution is 2.46. The Labute approximate surface area is 179 Å². The Kier molecular flexibility index (Phi) is 6.79. The van der Waals surface area contributed by atoms with Crippen molar-refractivity contribution in [1.29, 1.82) is 0 Å². The number of hydroxylamine groups is 1. The first-order valence-corrected chi connectivity index (χ1v) is 10.5. The standard InChI is InChI=1S/C22H33BN2O5/c1-5-10-24-22(15-28-25-19(26)30-20(2,3)4)13-21(9-6-11-27-14-21)29-18-8-7-16(23)12-17(18)22/h5,7-8,12,24H,1,6,9-11,13-15,23H2,2-4H3,(H,25,26). The SMILES string of the molecule is Bc1ccc2c(c1)C(CONC(=O)OC(C)(C)C)(NCC=C)CC1(CCCOC1)O2. The van der Waals surface area contributed by atoms with Crippen LogP contribution in [0.5, 0.6) is 5.75 Å². The molecule has 1 amide bonds. The van der Waals surface area contributed by atoms with E-state index in [0.29, 0.717) is 19.6 Å². The molecule has 2 unspecified atom stereocenters. The van der Waals surface area contributed by atoms with Gasteiger partial charge in [0.25, 0.3) is 0 Å². The zero-order valence-corrected chi connectivity index (χ0v) is 18.5. The molecule has 8 heteroatoms. The van der Waals surface area contributed by atoms with Crippen molar-refractivity contribution in [3.05, 3.63) is 36.4 Å². The second-order valence-corrected chi connectivity index (χ2v) is 9.26. The van der Waals surface area contributed by atoms with Crippen molar-refractivity contribution < 1.29 is 23.8 Å². The maximum Gasteiger partial charge on any atom is 0.431 e. The maximum absolute atomic E-state index is 12.1. The van der Waals surface area contributed by atoms with Crippen LogP contribution in [0, 0.1) is 0 Å². The van der Waals surface area contributed by atoms with Crippen LogP contribution >= 0.6 is 0 Å². The number of rotatable bonds is 6. The van der Waals surface area contributed by atoms with Gasteiger partial charge in [-0.25, -0.2) is 4.79 Å². The molecule has 1 fully saturated rings. The second kappa shape index (κ2) is 9.00. The smallest absolute Gasteiger partial charge is 0.431 e. The van der Waals surface area contributed by atoms with Gasteiger partial charge in [0, 0.05) is 25.1 Å². The second-order valence-electron chi connectivity index (χ2n) is 9.26. The Balaban J connectivity index is 1.88. The number of hydrogen-bond donors (Lipinski definition) is 2. The third kappa shape index (κ3) is 5.36. The van der Waals surface area contributed by atoms with Gasteiger partial charge in [-0.1, -0.05) is 23.7 Å². The van der Waals surface area contributed by atoms with Crippen molar-refractivity contribution in [2.24, 2.45) is 0 Å². The molecule has 0 aliphatic carbocycles. The van der Waals surface area contributed by atoms with Crippen molar-refractivity contribution in [2.45, 2.75) is 56.8 Å². The highest BCUT2D eigenvalue weighted by molar-refractivity contribution is 6.32. The average molecular weight is 416 g/mol. The molecular weight excluding hydrogens is 383 g/mol. The van der Waals surface area contributed by atoms with Crippen LogP contribution in [0.15, 0.2) is 30.9 Å². The predicted octanol–water partition coefficient (Wildman–Crippen LogP) is 1.70. The summed E-state index contributed by atoms with van der Waals surface area (Å²) in [6, 6.07) is 6.16. The molecule has 1 saturated heterocycles. The van der Waals surface area contributed by atoms with E-state index in [-0.39, 0.29) is 6.61 Å². The quantitative estimate of drug-likeness (QED) is 0.418. The number of nitrogens with one attached hydrogen (secondary N) is 2. The van der Waals surface area contributed by atoms with Crippen LogP contribution < -0.4 is 21.0 Å². The fourth-order valence-corrected chi connectivity index (χ4v) is 4.19. The van der Waals surface area contributed by atoms with Gasteiger partial charge in [-0.2, -0.15) is 5.48 Å². The molecule has 2 aliphatic rings. The topological polar surface area (TPSA) is 78.1 Å². The number of fused-ring (bicyclic) bond motifs is 1. The number of ether oxygens (including phenoxy) is 3. The van der Waals surface area contributed by atoms with Gasteiger partial charge in [0.1, 0.15) is 24.8 Å². The molecular formula is C22H33BN2O5. The first-order valence-electron chi connectivity index (χ1n) is 10.5. The summed E-state index contributed by atoms with van der Waals surface area (Å²) >= 11 is 0. The van der Waals surface area contributed by atoms with E-state index in [1.165, 1.54) is 0 Å². The summed E-state index contributed by atoms with van der Waals surface area (Å²) in [5, 5.41) is 3.59. The third-order valence-corrected chi connectivity index (χ3v) is 5.34. The molecule has 30 heavy (non-hydrogen) atoms. The fraction of sp³-hybridized carbons (Fsp3) is 0.591. The lowest BCUT2D eigenvalue weighted by molar-refractivity contribution is -0.113. The summed E-state index contributed by atoms with van der Waals surface area (Å²) in [7, 11) is 2.05. The van der Waals surface area contributed by atoms with E-state index in [1.54, 1.807) is 0 Å². The molecule has 0 radical (unpaired) electrons. The molecule has 1 aromatic carbocycles. The van der Waals surface area contributed by atoms with Gasteiger partial charge >= 0.3 is 6.09 Å². The fourth-order valence-electron chi connectivity index (χ4n) is 4.19. The lowest BCUT2D eigenvalue weighted by Crippen LogP contribution is -2.60. The van der Waals surface area contributed by atoms with Crippen LogP contribution in [0.3, 0.4) is 0 Å². The zero-order chi connectivity index (χ0) is 21.8. The Bertz CT molecular complexity index is 773. The molecule has 0 aromatic heterocycles. The normalized spacial score (nSPS) is 25.8. The molecule has 1 aromatic rings. The summed E-state index contributed by atoms with van der Waals surface area (Å²) in [4.78, 5) is 17.8. The minimum Gasteiger partial charge on any atom is -0.484 e. The summed E-state index contributed by atoms with van der Waals surface area (Å²) in [5.74, 6) is 0.815. The molecule has 0 bridgehead atoms. The minimum absolute atomic E-state index is 0.210. The van der Waals surface area contributed by atoms with Crippen molar-refractivity contribution in [3.8, 4) is 5.75 Å². The van der Waals surface area contributed by atoms with E-state index in [1.807, 2.05) is 46.8 Å².